The number of benzene rings is 2. The second-order valence-corrected chi connectivity index (χ2v) is 6.32. The Balaban J connectivity index is 1.78. The molecular formula is C20H22N4O. The van der Waals surface area contributed by atoms with Crippen molar-refractivity contribution in [3.8, 4) is 5.69 Å². The lowest BCUT2D eigenvalue weighted by atomic mass is 10.0. The van der Waals surface area contributed by atoms with Crippen LogP contribution in [0.2, 0.25) is 0 Å². The van der Waals surface area contributed by atoms with Gasteiger partial charge in [0, 0.05) is 12.6 Å². The van der Waals surface area contributed by atoms with Gasteiger partial charge in [0.05, 0.1) is 11.7 Å². The molecule has 1 amide bonds. The van der Waals surface area contributed by atoms with Crippen LogP contribution in [-0.4, -0.2) is 32.6 Å². The number of carbonyl (C=O) groups excluding carboxylic acids is 1. The normalized spacial score (nSPS) is 12.0. The summed E-state index contributed by atoms with van der Waals surface area (Å²) in [6.07, 6.45) is 3.17. The van der Waals surface area contributed by atoms with Gasteiger partial charge in [-0.05, 0) is 61.7 Å². The summed E-state index contributed by atoms with van der Waals surface area (Å²) in [4.78, 5) is 18.5. The second kappa shape index (κ2) is 6.89. The van der Waals surface area contributed by atoms with E-state index in [0.29, 0.717) is 0 Å². The van der Waals surface area contributed by atoms with Crippen LogP contribution in [0.15, 0.2) is 55.1 Å². The Morgan fingerprint density at radius 1 is 1.08 bits per heavy atom. The Bertz CT molecular complexity index is 869. The third kappa shape index (κ3) is 3.45. The molecule has 0 N–H and O–H groups in total. The van der Waals surface area contributed by atoms with Crippen molar-refractivity contribution in [2.75, 3.05) is 7.05 Å². The Hall–Kier alpha value is -2.95. The van der Waals surface area contributed by atoms with Crippen LogP contribution in [0.25, 0.3) is 5.69 Å². The van der Waals surface area contributed by atoms with Gasteiger partial charge in [-0.2, -0.15) is 5.10 Å². The first-order valence-electron chi connectivity index (χ1n) is 8.26. The lowest BCUT2D eigenvalue weighted by molar-refractivity contribution is 0.0742. The van der Waals surface area contributed by atoms with Crippen LogP contribution in [0, 0.1) is 13.8 Å². The van der Waals surface area contributed by atoms with E-state index in [2.05, 4.69) is 10.1 Å². The summed E-state index contributed by atoms with van der Waals surface area (Å²) in [5, 5.41) is 4.12. The predicted molar refractivity (Wildman–Crippen MR) is 97.8 cm³/mol. The Morgan fingerprint density at radius 3 is 2.40 bits per heavy atom. The second-order valence-electron chi connectivity index (χ2n) is 6.32. The topological polar surface area (TPSA) is 51.0 Å². The first-order valence-corrected chi connectivity index (χ1v) is 8.26. The fraction of sp³-hybridized carbons (Fsp3) is 0.250. The zero-order valence-corrected chi connectivity index (χ0v) is 15.0. The number of hydrogen-bond donors (Lipinski definition) is 0. The number of carbonyl (C=O) groups is 1. The van der Waals surface area contributed by atoms with Crippen LogP contribution in [-0.2, 0) is 0 Å². The van der Waals surface area contributed by atoms with Crippen molar-refractivity contribution >= 4 is 5.91 Å². The molecule has 0 bridgehead atoms. The van der Waals surface area contributed by atoms with Crippen LogP contribution in [0.4, 0.5) is 0 Å². The molecule has 0 aliphatic heterocycles. The molecule has 0 aliphatic carbocycles. The standard InChI is InChI=1S/C20H22N4O/c1-14-5-6-18(11-15(14)2)20(25)23(4)16(3)17-7-9-19(10-8-17)24-13-21-12-22-24/h5-13,16H,1-4H3/t16-/m1/s1. The van der Waals surface area contributed by atoms with Crippen molar-refractivity contribution in [2.24, 2.45) is 0 Å². The molecule has 5 heteroatoms. The van der Waals surface area contributed by atoms with Gasteiger partial charge in [0.2, 0.25) is 0 Å². The molecule has 25 heavy (non-hydrogen) atoms. The highest BCUT2D eigenvalue weighted by atomic mass is 16.2. The van der Waals surface area contributed by atoms with Crippen molar-refractivity contribution in [3.05, 3.63) is 77.4 Å². The number of nitrogens with zero attached hydrogens (tertiary/aromatic N) is 4. The summed E-state index contributed by atoms with van der Waals surface area (Å²) in [5.74, 6) is 0.0240. The fourth-order valence-corrected chi connectivity index (χ4v) is 2.72. The summed E-state index contributed by atoms with van der Waals surface area (Å²) in [7, 11) is 1.84. The third-order valence-electron chi connectivity index (χ3n) is 4.71. The monoisotopic (exact) mass is 334 g/mol. The maximum Gasteiger partial charge on any atom is 0.254 e. The molecule has 1 atom stereocenters. The van der Waals surface area contributed by atoms with Crippen molar-refractivity contribution in [1.29, 1.82) is 0 Å². The van der Waals surface area contributed by atoms with Gasteiger partial charge in [-0.1, -0.05) is 18.2 Å². The quantitative estimate of drug-likeness (QED) is 0.731. The molecule has 0 saturated carbocycles. The van der Waals surface area contributed by atoms with Crippen LogP contribution in [0.3, 0.4) is 0 Å². The van der Waals surface area contributed by atoms with Gasteiger partial charge in [-0.3, -0.25) is 4.79 Å². The maximum atomic E-state index is 12.8. The minimum absolute atomic E-state index is 0.0240. The minimum atomic E-state index is -0.0288. The molecule has 3 rings (SSSR count). The highest BCUT2D eigenvalue weighted by Gasteiger charge is 2.19. The highest BCUT2D eigenvalue weighted by molar-refractivity contribution is 5.94. The smallest absolute Gasteiger partial charge is 0.254 e. The average Bonchev–Trinajstić information content (AvgIpc) is 3.17. The fourth-order valence-electron chi connectivity index (χ4n) is 2.72. The zero-order chi connectivity index (χ0) is 18.0. The van der Waals surface area contributed by atoms with Gasteiger partial charge < -0.3 is 4.90 Å². The molecule has 1 heterocycles. The minimum Gasteiger partial charge on any atom is -0.335 e. The average molecular weight is 334 g/mol. The van der Waals surface area contributed by atoms with Crippen LogP contribution in [0.1, 0.15) is 40.0 Å². The first kappa shape index (κ1) is 16.9. The number of amides is 1. The van der Waals surface area contributed by atoms with Crippen LogP contribution in [0.5, 0.6) is 0 Å². The van der Waals surface area contributed by atoms with E-state index < -0.39 is 0 Å². The van der Waals surface area contributed by atoms with E-state index in [1.165, 1.54) is 11.9 Å². The van der Waals surface area contributed by atoms with E-state index in [-0.39, 0.29) is 11.9 Å². The molecule has 3 aromatic rings. The van der Waals surface area contributed by atoms with Crippen LogP contribution >= 0.6 is 0 Å². The summed E-state index contributed by atoms with van der Waals surface area (Å²) < 4.78 is 1.71. The molecule has 0 saturated heterocycles. The molecule has 1 aromatic heterocycles. The number of aryl methyl sites for hydroxylation is 2. The molecule has 0 spiro atoms. The predicted octanol–water partition coefficient (Wildman–Crippen LogP) is 3.72. The van der Waals surface area contributed by atoms with Crippen molar-refractivity contribution in [2.45, 2.75) is 26.8 Å². The van der Waals surface area contributed by atoms with E-state index in [0.717, 1.165) is 22.4 Å². The van der Waals surface area contributed by atoms with Crippen molar-refractivity contribution in [3.63, 3.8) is 0 Å². The summed E-state index contributed by atoms with van der Waals surface area (Å²) in [6, 6.07) is 13.8. The summed E-state index contributed by atoms with van der Waals surface area (Å²) in [6.45, 7) is 6.11. The molecule has 0 fully saturated rings. The first-order chi connectivity index (χ1) is 12.0. The van der Waals surface area contributed by atoms with E-state index >= 15 is 0 Å². The van der Waals surface area contributed by atoms with Gasteiger partial charge in [0.15, 0.2) is 0 Å². The van der Waals surface area contributed by atoms with Crippen molar-refractivity contribution < 1.29 is 4.79 Å². The summed E-state index contributed by atoms with van der Waals surface area (Å²) >= 11 is 0. The van der Waals surface area contributed by atoms with E-state index in [1.54, 1.807) is 15.9 Å². The Labute approximate surface area is 147 Å². The summed E-state index contributed by atoms with van der Waals surface area (Å²) in [5.41, 5.74) is 5.05. The number of hydrogen-bond acceptors (Lipinski definition) is 3. The van der Waals surface area contributed by atoms with Crippen molar-refractivity contribution in [1.82, 2.24) is 19.7 Å². The maximum absolute atomic E-state index is 12.8. The largest absolute Gasteiger partial charge is 0.335 e. The Morgan fingerprint density at radius 2 is 1.80 bits per heavy atom. The van der Waals surface area contributed by atoms with Gasteiger partial charge in [-0.15, -0.1) is 0 Å². The lowest BCUT2D eigenvalue weighted by Crippen LogP contribution is -2.29. The Kier molecular flexibility index (Phi) is 4.65. The van der Waals surface area contributed by atoms with Gasteiger partial charge >= 0.3 is 0 Å². The molecule has 0 aliphatic rings. The molecule has 0 radical (unpaired) electrons. The lowest BCUT2D eigenvalue weighted by Gasteiger charge is -2.26. The zero-order valence-electron chi connectivity index (χ0n) is 15.0. The SMILES string of the molecule is Cc1ccc(C(=O)N(C)[C@H](C)c2ccc(-n3cncn3)cc2)cc1C. The van der Waals surface area contributed by atoms with Gasteiger partial charge in [0.1, 0.15) is 12.7 Å². The molecule has 2 aromatic carbocycles. The third-order valence-corrected chi connectivity index (χ3v) is 4.71. The highest BCUT2D eigenvalue weighted by Crippen LogP contribution is 2.22. The molecule has 0 unspecified atom stereocenters. The van der Waals surface area contributed by atoms with Crippen LogP contribution < -0.4 is 0 Å². The number of aromatic nitrogens is 3. The molecule has 5 nitrogen and oxygen atoms in total. The van der Waals surface area contributed by atoms with E-state index in [1.807, 2.05) is 70.3 Å². The number of rotatable bonds is 4. The van der Waals surface area contributed by atoms with Gasteiger partial charge in [0.25, 0.3) is 5.91 Å². The van der Waals surface area contributed by atoms with E-state index in [4.69, 9.17) is 0 Å². The van der Waals surface area contributed by atoms with E-state index in [9.17, 15) is 4.79 Å². The molecule has 128 valence electrons. The molecular weight excluding hydrogens is 312 g/mol. The van der Waals surface area contributed by atoms with Gasteiger partial charge in [-0.25, -0.2) is 9.67 Å².